The van der Waals surface area contributed by atoms with Crippen LogP contribution in [0.4, 0.5) is 5.82 Å². The minimum atomic E-state index is -5.49. The van der Waals surface area contributed by atoms with E-state index in [9.17, 15) is 53.7 Å². The zero-order valence-corrected chi connectivity index (χ0v) is 43.5. The van der Waals surface area contributed by atoms with Crippen molar-refractivity contribution in [2.45, 2.75) is 172 Å². The van der Waals surface area contributed by atoms with E-state index in [2.05, 4.69) is 65.7 Å². The number of aliphatic hydroxyl groups is 4. The van der Waals surface area contributed by atoms with Crippen LogP contribution in [0.2, 0.25) is 0 Å². The molecule has 1 fully saturated rings. The van der Waals surface area contributed by atoms with Crippen molar-refractivity contribution in [2.24, 2.45) is 0 Å². The van der Waals surface area contributed by atoms with Crippen LogP contribution in [0.25, 0.3) is 0 Å². The molecule has 8 N–H and O–H groups in total. The zero-order valence-electron chi connectivity index (χ0n) is 41.7. The van der Waals surface area contributed by atoms with Gasteiger partial charge in [0.15, 0.2) is 12.3 Å². The molecular formula is C50H79N3O17P2. The van der Waals surface area contributed by atoms with Gasteiger partial charge in [-0.1, -0.05) is 131 Å². The number of carbonyl (C=O) groups is 2. The SMILES string of the molecule is CC/C=C\C/C=C\C/C=C\CCCCCCCC(=O)O[C@H](COC(=O)CCC[C@H](O)\C=C/C=C/C=C/[C@H](O)C/C=C\CCCCC)COP(=O)(O)OP(=O)(O)OC[C@H]1O[C@@H](n2ccc(N)nc2=O)[C@H](O)[C@@H]1O. The number of ether oxygens (including phenoxy) is 3. The van der Waals surface area contributed by atoms with Gasteiger partial charge in [-0.3, -0.25) is 23.2 Å². The highest BCUT2D eigenvalue weighted by Crippen LogP contribution is 2.60. The molecule has 2 unspecified atom stereocenters. The molecule has 1 aliphatic rings. The van der Waals surface area contributed by atoms with E-state index < -0.39 is 95.9 Å². The molecule has 0 aromatic carbocycles. The van der Waals surface area contributed by atoms with Crippen LogP contribution in [0.3, 0.4) is 0 Å². The van der Waals surface area contributed by atoms with E-state index in [0.29, 0.717) is 12.8 Å². The van der Waals surface area contributed by atoms with E-state index >= 15 is 0 Å². The van der Waals surface area contributed by atoms with Crippen LogP contribution in [0, 0.1) is 0 Å². The first kappa shape index (κ1) is 64.0. The second kappa shape index (κ2) is 37.6. The first-order valence-corrected chi connectivity index (χ1v) is 27.8. The van der Waals surface area contributed by atoms with Gasteiger partial charge < -0.3 is 50.2 Å². The number of allylic oxidation sites excluding steroid dienone is 11. The number of unbranched alkanes of at least 4 members (excludes halogenated alkanes) is 8. The molecule has 0 amide bonds. The second-order valence-electron chi connectivity index (χ2n) is 17.0. The molecule has 1 aromatic heterocycles. The molecule has 0 bridgehead atoms. The van der Waals surface area contributed by atoms with Gasteiger partial charge in [-0.15, -0.1) is 0 Å². The van der Waals surface area contributed by atoms with Crippen LogP contribution in [0.15, 0.2) is 102 Å². The number of esters is 2. The predicted octanol–water partition coefficient (Wildman–Crippen LogP) is 7.83. The number of anilines is 1. The molecule has 2 heterocycles. The van der Waals surface area contributed by atoms with Crippen molar-refractivity contribution in [3.05, 3.63) is 108 Å². The lowest BCUT2D eigenvalue weighted by molar-refractivity contribution is -0.161. The summed E-state index contributed by atoms with van der Waals surface area (Å²) in [6, 6.07) is 1.23. The van der Waals surface area contributed by atoms with Crippen molar-refractivity contribution in [2.75, 3.05) is 25.6 Å². The number of carbonyl (C=O) groups excluding carboxylic acids is 2. The average molecular weight is 1060 g/mol. The van der Waals surface area contributed by atoms with Gasteiger partial charge in [-0.2, -0.15) is 9.29 Å². The van der Waals surface area contributed by atoms with Crippen LogP contribution in [0.5, 0.6) is 0 Å². The van der Waals surface area contributed by atoms with Crippen LogP contribution in [0.1, 0.15) is 136 Å². The maximum atomic E-state index is 12.9. The van der Waals surface area contributed by atoms with Crippen molar-refractivity contribution in [3.8, 4) is 0 Å². The van der Waals surface area contributed by atoms with E-state index in [1.165, 1.54) is 18.6 Å². The Bertz CT molecular complexity index is 2070. The lowest BCUT2D eigenvalue weighted by atomic mass is 10.1. The highest BCUT2D eigenvalue weighted by molar-refractivity contribution is 7.61. The van der Waals surface area contributed by atoms with Gasteiger partial charge >= 0.3 is 33.3 Å². The second-order valence-corrected chi connectivity index (χ2v) is 20.0. The third kappa shape index (κ3) is 30.2. The molecule has 0 aliphatic carbocycles. The summed E-state index contributed by atoms with van der Waals surface area (Å²) in [6.45, 7) is 1.71. The third-order valence-electron chi connectivity index (χ3n) is 10.7. The first-order chi connectivity index (χ1) is 34.5. The van der Waals surface area contributed by atoms with Gasteiger partial charge in [0.25, 0.3) is 0 Å². The Kier molecular flexibility index (Phi) is 33.4. The average Bonchev–Trinajstić information content (AvgIpc) is 3.61. The number of phosphoric ester groups is 2. The van der Waals surface area contributed by atoms with E-state index in [4.69, 9.17) is 29.0 Å². The number of rotatable bonds is 39. The molecule has 9 atom stereocenters. The summed E-state index contributed by atoms with van der Waals surface area (Å²) in [7, 11) is -11.0. The fourth-order valence-electron chi connectivity index (χ4n) is 6.76. The fraction of sp³-hybridized carbons (Fsp3) is 0.600. The summed E-state index contributed by atoms with van der Waals surface area (Å²) >= 11 is 0. The summed E-state index contributed by atoms with van der Waals surface area (Å²) in [5, 5.41) is 41.3. The van der Waals surface area contributed by atoms with Crippen LogP contribution in [-0.4, -0.2) is 108 Å². The molecule has 2 rings (SSSR count). The fourth-order valence-corrected chi connectivity index (χ4v) is 8.87. The predicted molar refractivity (Wildman–Crippen MR) is 273 cm³/mol. The number of nitrogens with zero attached hydrogens (tertiary/aromatic N) is 2. The molecular weight excluding hydrogens is 977 g/mol. The van der Waals surface area contributed by atoms with Crippen molar-refractivity contribution < 1.29 is 76.5 Å². The highest BCUT2D eigenvalue weighted by Gasteiger charge is 2.46. The van der Waals surface area contributed by atoms with Gasteiger partial charge in [0.05, 0.1) is 25.4 Å². The normalized spacial score (nSPS) is 20.7. The van der Waals surface area contributed by atoms with Gasteiger partial charge in [-0.05, 0) is 76.7 Å². The molecule has 1 aliphatic heterocycles. The molecule has 22 heteroatoms. The smallest absolute Gasteiger partial charge is 0.462 e. The van der Waals surface area contributed by atoms with Crippen LogP contribution >= 0.6 is 15.6 Å². The third-order valence-corrected chi connectivity index (χ3v) is 13.3. The van der Waals surface area contributed by atoms with Crippen molar-refractivity contribution in [1.29, 1.82) is 0 Å². The van der Waals surface area contributed by atoms with Crippen molar-refractivity contribution in [1.82, 2.24) is 9.55 Å². The summed E-state index contributed by atoms with van der Waals surface area (Å²) < 4.78 is 56.5. The Hall–Kier alpha value is -4.14. The summed E-state index contributed by atoms with van der Waals surface area (Å²) in [5.74, 6) is -1.58. The Balaban J connectivity index is 1.89. The van der Waals surface area contributed by atoms with Gasteiger partial charge in [0.1, 0.15) is 30.7 Å². The highest BCUT2D eigenvalue weighted by atomic mass is 31.3. The number of phosphoric acid groups is 2. The van der Waals surface area contributed by atoms with Gasteiger partial charge in [0.2, 0.25) is 0 Å². The Morgan fingerprint density at radius 1 is 0.764 bits per heavy atom. The monoisotopic (exact) mass is 1060 g/mol. The minimum Gasteiger partial charge on any atom is -0.462 e. The molecule has 0 spiro atoms. The standard InChI is InChI=1S/C50H79N3O17P2/c1-3-5-7-9-11-12-13-14-15-16-17-18-19-21-27-33-46(57)68-42(37-65-45(56)34-28-32-41(55)31-26-23-22-25-30-40(54)29-24-20-10-8-6-4-2)38-66-71(61,62)70-72(63,64)67-39-43-47(58)48(59)49(69-43)53-36-35-44(51)52-50(53)60/h5,7,11-12,14-15,20,22-26,30-31,35-36,40-43,47-49,54-55,58-59H,3-4,6,8-10,13,16-19,21,27-29,32-34,37-39H2,1-2H3,(H,61,62)(H,63,64)(H2,51,52,60)/b7-5-,12-11-,15-14-,23-22+,24-20-,30-25+,31-26-/t40-,41-,42-,43-,47-,48-,49-/m1/s1. The quantitative estimate of drug-likeness (QED) is 0.0109. The number of hydrogen-bond donors (Lipinski definition) is 7. The lowest BCUT2D eigenvalue weighted by Gasteiger charge is -2.21. The summed E-state index contributed by atoms with van der Waals surface area (Å²) in [5.41, 5.74) is 4.56. The molecule has 1 saturated heterocycles. The van der Waals surface area contributed by atoms with Crippen LogP contribution < -0.4 is 11.4 Å². The van der Waals surface area contributed by atoms with E-state index in [0.717, 1.165) is 81.4 Å². The van der Waals surface area contributed by atoms with Crippen molar-refractivity contribution in [3.63, 3.8) is 0 Å². The molecule has 72 heavy (non-hydrogen) atoms. The van der Waals surface area contributed by atoms with E-state index in [1.807, 2.05) is 6.08 Å². The molecule has 0 radical (unpaired) electrons. The van der Waals surface area contributed by atoms with Crippen molar-refractivity contribution >= 4 is 33.4 Å². The Morgan fingerprint density at radius 3 is 2.07 bits per heavy atom. The lowest BCUT2D eigenvalue weighted by Crippen LogP contribution is -2.36. The number of nitrogens with two attached hydrogens (primary N) is 1. The van der Waals surface area contributed by atoms with Crippen LogP contribution in [-0.2, 0) is 46.3 Å². The van der Waals surface area contributed by atoms with Gasteiger partial charge in [0, 0.05) is 19.0 Å². The van der Waals surface area contributed by atoms with E-state index in [1.54, 1.807) is 30.4 Å². The first-order valence-electron chi connectivity index (χ1n) is 24.8. The number of hydrogen-bond acceptors (Lipinski definition) is 17. The maximum Gasteiger partial charge on any atom is 0.481 e. The summed E-state index contributed by atoms with van der Waals surface area (Å²) in [4.78, 5) is 61.9. The summed E-state index contributed by atoms with van der Waals surface area (Å²) in [6.07, 6.45) is 31.5. The molecule has 0 saturated carbocycles. The topological polar surface area (TPSA) is 306 Å². The largest absolute Gasteiger partial charge is 0.481 e. The Labute approximate surface area is 423 Å². The van der Waals surface area contributed by atoms with Gasteiger partial charge in [-0.25, -0.2) is 13.9 Å². The van der Waals surface area contributed by atoms with E-state index in [-0.39, 0.29) is 31.5 Å². The maximum absolute atomic E-state index is 12.9. The zero-order chi connectivity index (χ0) is 53.0. The number of nitrogen functional groups attached to an aromatic ring is 1. The Morgan fingerprint density at radius 2 is 1.38 bits per heavy atom. The minimum absolute atomic E-state index is 0.0269. The molecule has 20 nitrogen and oxygen atoms in total. The number of aromatic nitrogens is 2. The molecule has 406 valence electrons. The number of aliphatic hydroxyl groups excluding tert-OH is 4. The molecule has 1 aromatic rings.